The topological polar surface area (TPSA) is 12.4 Å². The van der Waals surface area contributed by atoms with Gasteiger partial charge in [0.05, 0.1) is 5.55 Å². The van der Waals surface area contributed by atoms with Crippen LogP contribution in [0.1, 0.15) is 13.8 Å². The quantitative estimate of drug-likeness (QED) is 0.437. The Morgan fingerprint density at radius 3 is 2.56 bits per heavy atom. The van der Waals surface area contributed by atoms with Gasteiger partial charge in [0.25, 0.3) is 0 Å². The van der Waals surface area contributed by atoms with Crippen molar-refractivity contribution in [3.05, 3.63) is 12.3 Å². The van der Waals surface area contributed by atoms with E-state index in [1.807, 2.05) is 11.8 Å². The largest absolute Gasteiger partial charge is 0.255 e. The van der Waals surface area contributed by atoms with E-state index in [1.165, 1.54) is 0 Å². The predicted octanol–water partition coefficient (Wildman–Crippen LogP) is 2.55. The van der Waals surface area contributed by atoms with Gasteiger partial charge >= 0.3 is 0 Å². The number of hydrogen-bond donors (Lipinski definition) is 0. The fourth-order valence-corrected chi connectivity index (χ4v) is 0.510. The number of nitrogens with zero attached hydrogens (tertiary/aromatic N) is 1. The molecule has 52 valence electrons. The lowest BCUT2D eigenvalue weighted by molar-refractivity contribution is 0.764. The molecule has 0 bridgehead atoms. The summed E-state index contributed by atoms with van der Waals surface area (Å²) in [5.74, 6) is 0.466. The third-order valence-electron chi connectivity index (χ3n) is 0.990. The second-order valence-electron chi connectivity index (χ2n) is 2.12. The van der Waals surface area contributed by atoms with Crippen LogP contribution in [0.2, 0.25) is 0 Å². The Labute approximate surface area is 61.3 Å². The van der Waals surface area contributed by atoms with Gasteiger partial charge in [-0.3, -0.25) is 4.99 Å². The molecule has 1 nitrogen and oxygen atoms in total. The van der Waals surface area contributed by atoms with Crippen molar-refractivity contribution in [3.8, 4) is 0 Å². The first-order valence-corrected chi connectivity index (χ1v) is 4.21. The first-order chi connectivity index (χ1) is 4.18. The van der Waals surface area contributed by atoms with Crippen LogP contribution in [0.4, 0.5) is 0 Å². The first kappa shape index (κ1) is 8.76. The molecular formula is C7H13NS. The monoisotopic (exact) mass is 143 g/mol. The molecule has 0 rings (SSSR count). The van der Waals surface area contributed by atoms with E-state index in [1.54, 1.807) is 11.8 Å². The van der Waals surface area contributed by atoms with E-state index in [0.29, 0.717) is 5.92 Å². The number of aliphatic imine (C=N–C) groups is 1. The number of hydrogen-bond acceptors (Lipinski definition) is 2. The van der Waals surface area contributed by atoms with Crippen LogP contribution in [-0.2, 0) is 0 Å². The van der Waals surface area contributed by atoms with E-state index >= 15 is 0 Å². The molecular weight excluding hydrogens is 130 g/mol. The van der Waals surface area contributed by atoms with Crippen molar-refractivity contribution in [2.24, 2.45) is 10.9 Å². The van der Waals surface area contributed by atoms with Crippen molar-refractivity contribution < 1.29 is 0 Å². The van der Waals surface area contributed by atoms with Gasteiger partial charge < -0.3 is 0 Å². The Morgan fingerprint density at radius 1 is 1.67 bits per heavy atom. The smallest absolute Gasteiger partial charge is 0.0597 e. The summed E-state index contributed by atoms with van der Waals surface area (Å²) >= 11 is 1.59. The molecule has 0 N–H and O–H groups in total. The lowest BCUT2D eigenvalue weighted by Crippen LogP contribution is -1.87. The van der Waals surface area contributed by atoms with Crippen molar-refractivity contribution in [1.82, 2.24) is 0 Å². The van der Waals surface area contributed by atoms with Crippen molar-refractivity contribution in [2.45, 2.75) is 13.8 Å². The summed E-state index contributed by atoms with van der Waals surface area (Å²) in [5, 5.41) is 0. The second-order valence-corrected chi connectivity index (χ2v) is 2.80. The zero-order chi connectivity index (χ0) is 7.28. The molecule has 0 saturated carbocycles. The Morgan fingerprint density at radius 2 is 2.22 bits per heavy atom. The molecule has 0 amide bonds. The number of allylic oxidation sites excluding steroid dienone is 1. The zero-order valence-corrected chi connectivity index (χ0v) is 7.03. The highest BCUT2D eigenvalue weighted by Crippen LogP contribution is 2.07. The summed E-state index contributed by atoms with van der Waals surface area (Å²) in [7, 11) is 0. The normalized spacial score (nSPS) is 11.1. The van der Waals surface area contributed by atoms with Gasteiger partial charge in [0.2, 0.25) is 0 Å². The Bertz CT molecular complexity index is 116. The SMILES string of the molecule is C=C(/N=C\SC)C(C)C. The Balaban J connectivity index is 3.63. The second kappa shape index (κ2) is 4.62. The average molecular weight is 143 g/mol. The van der Waals surface area contributed by atoms with Crippen molar-refractivity contribution in [1.29, 1.82) is 0 Å². The van der Waals surface area contributed by atoms with Crippen molar-refractivity contribution in [3.63, 3.8) is 0 Å². The van der Waals surface area contributed by atoms with E-state index in [9.17, 15) is 0 Å². The Hall–Kier alpha value is -0.240. The summed E-state index contributed by atoms with van der Waals surface area (Å²) in [6, 6.07) is 0. The van der Waals surface area contributed by atoms with Crippen molar-refractivity contribution >= 4 is 17.3 Å². The van der Waals surface area contributed by atoms with Crippen LogP contribution in [0.3, 0.4) is 0 Å². The molecule has 0 aliphatic heterocycles. The first-order valence-electron chi connectivity index (χ1n) is 2.92. The summed E-state index contributed by atoms with van der Waals surface area (Å²) < 4.78 is 0. The minimum absolute atomic E-state index is 0.466. The van der Waals surface area contributed by atoms with Crippen LogP contribution in [-0.4, -0.2) is 11.8 Å². The fraction of sp³-hybridized carbons (Fsp3) is 0.571. The summed E-state index contributed by atoms with van der Waals surface area (Å²) in [4.78, 5) is 4.09. The van der Waals surface area contributed by atoms with E-state index < -0.39 is 0 Å². The molecule has 9 heavy (non-hydrogen) atoms. The highest BCUT2D eigenvalue weighted by atomic mass is 32.2. The zero-order valence-electron chi connectivity index (χ0n) is 6.22. The van der Waals surface area contributed by atoms with Gasteiger partial charge in [-0.05, 0) is 12.2 Å². The molecule has 0 fully saturated rings. The summed E-state index contributed by atoms with van der Waals surface area (Å²) in [6.45, 7) is 7.95. The molecule has 0 atom stereocenters. The maximum atomic E-state index is 4.09. The number of rotatable bonds is 3. The third-order valence-corrected chi connectivity index (χ3v) is 1.31. The molecule has 0 radical (unpaired) electrons. The maximum absolute atomic E-state index is 4.09. The Kier molecular flexibility index (Phi) is 4.50. The van der Waals surface area contributed by atoms with Gasteiger partial charge in [0, 0.05) is 5.70 Å². The van der Waals surface area contributed by atoms with Crippen LogP contribution in [0.15, 0.2) is 17.3 Å². The molecule has 0 saturated heterocycles. The summed E-state index contributed by atoms with van der Waals surface area (Å²) in [5.41, 5.74) is 2.76. The van der Waals surface area contributed by atoms with E-state index in [4.69, 9.17) is 0 Å². The third kappa shape index (κ3) is 4.28. The van der Waals surface area contributed by atoms with Gasteiger partial charge in [0.1, 0.15) is 0 Å². The van der Waals surface area contributed by atoms with Crippen LogP contribution >= 0.6 is 11.8 Å². The minimum atomic E-state index is 0.466. The van der Waals surface area contributed by atoms with Gasteiger partial charge in [-0.1, -0.05) is 20.4 Å². The highest BCUT2D eigenvalue weighted by molar-refractivity contribution is 8.11. The molecule has 0 unspecified atom stereocenters. The fourth-order valence-electron chi connectivity index (χ4n) is 0.269. The van der Waals surface area contributed by atoms with E-state index in [0.717, 1.165) is 5.70 Å². The molecule has 0 aromatic rings. The molecule has 0 aliphatic rings. The lowest BCUT2D eigenvalue weighted by atomic mass is 10.2. The maximum Gasteiger partial charge on any atom is 0.0597 e. The minimum Gasteiger partial charge on any atom is -0.255 e. The van der Waals surface area contributed by atoms with Gasteiger partial charge in [-0.15, -0.1) is 11.8 Å². The van der Waals surface area contributed by atoms with Crippen LogP contribution in [0.5, 0.6) is 0 Å². The lowest BCUT2D eigenvalue weighted by Gasteiger charge is -2.00. The van der Waals surface area contributed by atoms with E-state index in [-0.39, 0.29) is 0 Å². The van der Waals surface area contributed by atoms with Crippen LogP contribution < -0.4 is 0 Å². The van der Waals surface area contributed by atoms with Gasteiger partial charge in [0.15, 0.2) is 0 Å². The van der Waals surface area contributed by atoms with Crippen LogP contribution in [0, 0.1) is 5.92 Å². The van der Waals surface area contributed by atoms with Crippen molar-refractivity contribution in [2.75, 3.05) is 6.26 Å². The van der Waals surface area contributed by atoms with E-state index in [2.05, 4.69) is 25.4 Å². The predicted molar refractivity (Wildman–Crippen MR) is 46.0 cm³/mol. The molecule has 0 spiro atoms. The molecule has 0 aromatic carbocycles. The molecule has 0 aliphatic carbocycles. The average Bonchev–Trinajstić information content (AvgIpc) is 1.82. The molecule has 0 heterocycles. The van der Waals surface area contributed by atoms with Gasteiger partial charge in [-0.2, -0.15) is 0 Å². The molecule has 2 heteroatoms. The summed E-state index contributed by atoms with van der Waals surface area (Å²) in [6.07, 6.45) is 1.98. The van der Waals surface area contributed by atoms with Gasteiger partial charge in [-0.25, -0.2) is 0 Å². The van der Waals surface area contributed by atoms with Crippen LogP contribution in [0.25, 0.3) is 0 Å². The highest BCUT2D eigenvalue weighted by Gasteiger charge is 1.93. The standard InChI is InChI=1S/C7H13NS/c1-6(2)7(3)8-5-9-4/h5-6H,3H2,1-2,4H3/b8-5-. The number of thioether (sulfide) groups is 1. The molecule has 0 aromatic heterocycles.